The Morgan fingerprint density at radius 3 is 2.74 bits per heavy atom. The number of aryl methyl sites for hydroxylation is 1. The predicted octanol–water partition coefficient (Wildman–Crippen LogP) is 0.308. The third-order valence-electron chi connectivity index (χ3n) is 5.71. The highest BCUT2D eigenvalue weighted by Gasteiger charge is 2.40. The monoisotopic (exact) mass is 319 g/mol. The second-order valence-electron chi connectivity index (χ2n) is 7.35. The summed E-state index contributed by atoms with van der Waals surface area (Å²) in [6.45, 7) is 6.28. The van der Waals surface area contributed by atoms with Crippen molar-refractivity contribution >= 4 is 5.91 Å². The Labute approximate surface area is 136 Å². The third-order valence-corrected chi connectivity index (χ3v) is 5.71. The summed E-state index contributed by atoms with van der Waals surface area (Å²) in [5.74, 6) is 2.12. The fraction of sp³-hybridized carbons (Fsp3) is 0.812. The van der Waals surface area contributed by atoms with Crippen LogP contribution < -0.4 is 0 Å². The van der Waals surface area contributed by atoms with E-state index in [9.17, 15) is 9.90 Å². The van der Waals surface area contributed by atoms with Crippen molar-refractivity contribution in [3.63, 3.8) is 0 Å². The van der Waals surface area contributed by atoms with Crippen LogP contribution in [0.2, 0.25) is 0 Å². The molecule has 4 rings (SSSR count). The average Bonchev–Trinajstić information content (AvgIpc) is 3.04. The predicted molar refractivity (Wildman–Crippen MR) is 83.6 cm³/mol. The lowest BCUT2D eigenvalue weighted by Gasteiger charge is -2.47. The number of carbonyl (C=O) groups excluding carboxylic acids is 1. The Morgan fingerprint density at radius 2 is 2.00 bits per heavy atom. The summed E-state index contributed by atoms with van der Waals surface area (Å²) >= 11 is 0. The van der Waals surface area contributed by atoms with Crippen molar-refractivity contribution in [2.45, 2.75) is 63.8 Å². The molecule has 0 radical (unpaired) electrons. The standard InChI is InChI=1S/C16H25N5O2/c1-12-17-18-14-11-19(6-7-21(12)14)13-9-20(10-13)15(22)8-16(23)4-2-3-5-16/h13,23H,2-11H2,1H3. The molecule has 1 saturated carbocycles. The van der Waals surface area contributed by atoms with Crippen molar-refractivity contribution in [1.82, 2.24) is 24.6 Å². The van der Waals surface area contributed by atoms with Crippen LogP contribution in [0.4, 0.5) is 0 Å². The number of aliphatic hydroxyl groups is 1. The molecule has 0 bridgehead atoms. The van der Waals surface area contributed by atoms with Gasteiger partial charge in [0.15, 0.2) is 0 Å². The molecule has 2 fully saturated rings. The Morgan fingerprint density at radius 1 is 1.26 bits per heavy atom. The molecule has 0 spiro atoms. The van der Waals surface area contributed by atoms with E-state index >= 15 is 0 Å². The van der Waals surface area contributed by atoms with Gasteiger partial charge in [-0.1, -0.05) is 12.8 Å². The van der Waals surface area contributed by atoms with Gasteiger partial charge in [0.05, 0.1) is 18.6 Å². The number of nitrogens with zero attached hydrogens (tertiary/aromatic N) is 5. The van der Waals surface area contributed by atoms with Gasteiger partial charge in [-0.15, -0.1) is 10.2 Å². The lowest BCUT2D eigenvalue weighted by Crippen LogP contribution is -2.62. The minimum Gasteiger partial charge on any atom is -0.389 e. The first-order chi connectivity index (χ1) is 11.0. The SMILES string of the molecule is Cc1nnc2n1CCN(C1CN(C(=O)CC3(O)CCCC3)C1)C2. The molecule has 7 nitrogen and oxygen atoms in total. The molecule has 3 aliphatic rings. The first-order valence-corrected chi connectivity index (χ1v) is 8.67. The number of likely N-dealkylation sites (tertiary alicyclic amines) is 1. The molecule has 3 heterocycles. The van der Waals surface area contributed by atoms with Crippen LogP contribution in [-0.4, -0.2) is 66.9 Å². The highest BCUT2D eigenvalue weighted by Crippen LogP contribution is 2.33. The first kappa shape index (κ1) is 15.1. The van der Waals surface area contributed by atoms with Gasteiger partial charge in [0.25, 0.3) is 0 Å². The topological polar surface area (TPSA) is 74.5 Å². The minimum absolute atomic E-state index is 0.113. The van der Waals surface area contributed by atoms with Gasteiger partial charge in [-0.2, -0.15) is 0 Å². The molecule has 1 aromatic heterocycles. The highest BCUT2D eigenvalue weighted by atomic mass is 16.3. The smallest absolute Gasteiger partial charge is 0.225 e. The molecular formula is C16H25N5O2. The van der Waals surface area contributed by atoms with E-state index in [2.05, 4.69) is 19.7 Å². The summed E-state index contributed by atoms with van der Waals surface area (Å²) < 4.78 is 2.17. The summed E-state index contributed by atoms with van der Waals surface area (Å²) in [6, 6.07) is 0.419. The Balaban J connectivity index is 1.29. The van der Waals surface area contributed by atoms with E-state index in [4.69, 9.17) is 0 Å². The Hall–Kier alpha value is -1.47. The van der Waals surface area contributed by atoms with Gasteiger partial charge < -0.3 is 14.6 Å². The largest absolute Gasteiger partial charge is 0.389 e. The van der Waals surface area contributed by atoms with E-state index in [1.807, 2.05) is 11.8 Å². The van der Waals surface area contributed by atoms with E-state index in [0.717, 1.165) is 70.1 Å². The number of carbonyl (C=O) groups is 1. The van der Waals surface area contributed by atoms with E-state index in [1.165, 1.54) is 0 Å². The van der Waals surface area contributed by atoms with Crippen LogP contribution in [0.1, 0.15) is 43.8 Å². The van der Waals surface area contributed by atoms with Crippen molar-refractivity contribution < 1.29 is 9.90 Å². The molecule has 1 aromatic rings. The molecule has 2 aliphatic heterocycles. The number of rotatable bonds is 3. The molecule has 1 amide bonds. The molecule has 7 heteroatoms. The second kappa shape index (κ2) is 5.56. The molecule has 1 aliphatic carbocycles. The molecule has 126 valence electrons. The van der Waals surface area contributed by atoms with Crippen molar-refractivity contribution in [2.24, 2.45) is 0 Å². The fourth-order valence-corrected chi connectivity index (χ4v) is 4.13. The zero-order valence-electron chi connectivity index (χ0n) is 13.7. The molecule has 23 heavy (non-hydrogen) atoms. The third kappa shape index (κ3) is 2.76. The van der Waals surface area contributed by atoms with Crippen LogP contribution in [0.25, 0.3) is 0 Å². The maximum Gasteiger partial charge on any atom is 0.225 e. The maximum absolute atomic E-state index is 12.3. The number of amides is 1. The van der Waals surface area contributed by atoms with Crippen LogP contribution in [0.5, 0.6) is 0 Å². The van der Waals surface area contributed by atoms with Gasteiger partial charge in [0, 0.05) is 32.2 Å². The van der Waals surface area contributed by atoms with E-state index < -0.39 is 5.60 Å². The maximum atomic E-state index is 12.3. The average molecular weight is 319 g/mol. The van der Waals surface area contributed by atoms with Crippen LogP contribution in [0.15, 0.2) is 0 Å². The van der Waals surface area contributed by atoms with E-state index in [-0.39, 0.29) is 5.91 Å². The molecule has 0 unspecified atom stereocenters. The summed E-state index contributed by atoms with van der Waals surface area (Å²) in [7, 11) is 0. The summed E-state index contributed by atoms with van der Waals surface area (Å²) in [6.07, 6.45) is 3.93. The summed E-state index contributed by atoms with van der Waals surface area (Å²) in [5, 5.41) is 18.8. The Kier molecular flexibility index (Phi) is 3.65. The van der Waals surface area contributed by atoms with Crippen LogP contribution in [-0.2, 0) is 17.9 Å². The second-order valence-corrected chi connectivity index (χ2v) is 7.35. The summed E-state index contributed by atoms with van der Waals surface area (Å²) in [5.41, 5.74) is -0.735. The number of aromatic nitrogens is 3. The number of hydrogen-bond acceptors (Lipinski definition) is 5. The molecule has 1 N–H and O–H groups in total. The normalized spacial score (nSPS) is 24.5. The lowest BCUT2D eigenvalue weighted by atomic mass is 9.95. The quantitative estimate of drug-likeness (QED) is 0.868. The first-order valence-electron chi connectivity index (χ1n) is 8.67. The lowest BCUT2D eigenvalue weighted by molar-refractivity contribution is -0.144. The Bertz CT molecular complexity index is 602. The van der Waals surface area contributed by atoms with Crippen molar-refractivity contribution in [3.05, 3.63) is 11.6 Å². The van der Waals surface area contributed by atoms with Gasteiger partial charge in [-0.25, -0.2) is 0 Å². The van der Waals surface area contributed by atoms with Crippen molar-refractivity contribution in [1.29, 1.82) is 0 Å². The van der Waals surface area contributed by atoms with Crippen LogP contribution >= 0.6 is 0 Å². The molecule has 0 atom stereocenters. The highest BCUT2D eigenvalue weighted by molar-refractivity contribution is 5.78. The molecular weight excluding hydrogens is 294 g/mol. The van der Waals surface area contributed by atoms with Gasteiger partial charge >= 0.3 is 0 Å². The van der Waals surface area contributed by atoms with Gasteiger partial charge in [0.2, 0.25) is 5.91 Å². The number of hydrogen-bond donors (Lipinski definition) is 1. The molecule has 0 aromatic carbocycles. The van der Waals surface area contributed by atoms with Crippen LogP contribution in [0.3, 0.4) is 0 Å². The zero-order chi connectivity index (χ0) is 16.0. The van der Waals surface area contributed by atoms with Crippen LogP contribution in [0, 0.1) is 6.92 Å². The molecule has 1 saturated heterocycles. The van der Waals surface area contributed by atoms with Gasteiger partial charge in [-0.05, 0) is 19.8 Å². The fourth-order valence-electron chi connectivity index (χ4n) is 4.13. The van der Waals surface area contributed by atoms with E-state index in [0.29, 0.717) is 12.5 Å². The van der Waals surface area contributed by atoms with E-state index in [1.54, 1.807) is 0 Å². The number of fused-ring (bicyclic) bond motifs is 1. The summed E-state index contributed by atoms with van der Waals surface area (Å²) in [4.78, 5) is 16.6. The van der Waals surface area contributed by atoms with Gasteiger partial charge in [0.1, 0.15) is 11.6 Å². The zero-order valence-corrected chi connectivity index (χ0v) is 13.7. The van der Waals surface area contributed by atoms with Crippen molar-refractivity contribution in [2.75, 3.05) is 19.6 Å². The van der Waals surface area contributed by atoms with Crippen molar-refractivity contribution in [3.8, 4) is 0 Å². The van der Waals surface area contributed by atoms with Gasteiger partial charge in [-0.3, -0.25) is 9.69 Å². The minimum atomic E-state index is -0.735.